The van der Waals surface area contributed by atoms with Crippen molar-refractivity contribution >= 4 is 49.1 Å². The first kappa shape index (κ1) is 17.9. The molecule has 1 amide bonds. The van der Waals surface area contributed by atoms with E-state index in [0.29, 0.717) is 0 Å². The maximum atomic E-state index is 12.6. The second-order valence-corrected chi connectivity index (χ2v) is 8.88. The molecule has 0 saturated carbocycles. The fourth-order valence-electron chi connectivity index (χ4n) is 2.75. The van der Waals surface area contributed by atoms with E-state index in [1.165, 1.54) is 16.9 Å². The molecule has 7 heteroatoms. The van der Waals surface area contributed by atoms with E-state index >= 15 is 0 Å². The van der Waals surface area contributed by atoms with Crippen molar-refractivity contribution in [3.8, 4) is 5.75 Å². The highest BCUT2D eigenvalue weighted by Gasteiger charge is 2.24. The first-order valence-electron chi connectivity index (χ1n) is 7.66. The van der Waals surface area contributed by atoms with Crippen molar-refractivity contribution in [2.24, 2.45) is 0 Å². The first-order valence-corrected chi connectivity index (χ1v) is 10.1. The van der Waals surface area contributed by atoms with Gasteiger partial charge in [0.1, 0.15) is 5.75 Å². The van der Waals surface area contributed by atoms with Crippen LogP contribution in [0.15, 0.2) is 38.6 Å². The third kappa shape index (κ3) is 4.20. The highest BCUT2D eigenvalue weighted by molar-refractivity contribution is 9.13. The quantitative estimate of drug-likeness (QED) is 0.665. The van der Waals surface area contributed by atoms with E-state index in [9.17, 15) is 4.79 Å². The Morgan fingerprint density at radius 2 is 1.96 bits per heavy atom. The molecule has 4 nitrogen and oxygen atoms in total. The number of benzene rings is 1. The second kappa shape index (κ2) is 7.99. The highest BCUT2D eigenvalue weighted by atomic mass is 79.9. The molecule has 0 radical (unpaired) electrons. The molecule has 0 unspecified atom stereocenters. The van der Waals surface area contributed by atoms with Crippen molar-refractivity contribution in [3.05, 3.63) is 49.0 Å². The fraction of sp³-hybridized carbons (Fsp3) is 0.353. The predicted octanol–water partition coefficient (Wildman–Crippen LogP) is 4.24. The van der Waals surface area contributed by atoms with Crippen molar-refractivity contribution in [2.45, 2.75) is 6.54 Å². The van der Waals surface area contributed by atoms with E-state index in [0.717, 1.165) is 51.6 Å². The number of carbonyl (C=O) groups excluding carboxylic acids is 1. The van der Waals surface area contributed by atoms with Gasteiger partial charge in [-0.05, 0) is 55.6 Å². The van der Waals surface area contributed by atoms with Crippen molar-refractivity contribution in [1.29, 1.82) is 0 Å². The molecule has 1 aliphatic heterocycles. The molecule has 0 atom stereocenters. The minimum absolute atomic E-state index is 0.118. The Hall–Kier alpha value is -0.890. The van der Waals surface area contributed by atoms with Gasteiger partial charge >= 0.3 is 0 Å². The second-order valence-electron chi connectivity index (χ2n) is 5.65. The van der Waals surface area contributed by atoms with Crippen LogP contribution in [-0.4, -0.2) is 49.0 Å². The van der Waals surface area contributed by atoms with Crippen molar-refractivity contribution in [2.75, 3.05) is 33.3 Å². The molecule has 0 aliphatic carbocycles. The highest BCUT2D eigenvalue weighted by Crippen LogP contribution is 2.33. The molecule has 0 N–H and O–H groups in total. The van der Waals surface area contributed by atoms with Crippen LogP contribution in [0.4, 0.5) is 0 Å². The number of carbonyl (C=O) groups is 1. The summed E-state index contributed by atoms with van der Waals surface area (Å²) in [6, 6.07) is 10.0. The van der Waals surface area contributed by atoms with Crippen molar-refractivity contribution < 1.29 is 9.53 Å². The summed E-state index contributed by atoms with van der Waals surface area (Å²) in [6.07, 6.45) is 0. The molecule has 3 rings (SSSR count). The molecule has 128 valence electrons. The average molecular weight is 474 g/mol. The van der Waals surface area contributed by atoms with E-state index in [4.69, 9.17) is 4.74 Å². The van der Waals surface area contributed by atoms with Crippen molar-refractivity contribution in [3.63, 3.8) is 0 Å². The minimum atomic E-state index is 0.118. The molecule has 1 aromatic carbocycles. The zero-order chi connectivity index (χ0) is 17.1. The molecule has 0 spiro atoms. The smallest absolute Gasteiger partial charge is 0.264 e. The summed E-state index contributed by atoms with van der Waals surface area (Å²) in [5.74, 6) is 1.00. The van der Waals surface area contributed by atoms with Crippen LogP contribution in [0.3, 0.4) is 0 Å². The van der Waals surface area contributed by atoms with E-state index in [1.54, 1.807) is 7.11 Å². The van der Waals surface area contributed by atoms with Crippen molar-refractivity contribution in [1.82, 2.24) is 9.80 Å². The maximum absolute atomic E-state index is 12.6. The number of piperazine rings is 1. The number of hydrogen-bond donors (Lipinski definition) is 0. The molecule has 2 aromatic rings. The van der Waals surface area contributed by atoms with Crippen LogP contribution in [0.25, 0.3) is 0 Å². The minimum Gasteiger partial charge on any atom is -0.497 e. The average Bonchev–Trinajstić information content (AvgIpc) is 2.94. The Labute approximate surface area is 162 Å². The molecular formula is C17H18Br2N2O2S. The number of thiophene rings is 1. The number of amides is 1. The number of rotatable bonds is 4. The number of hydrogen-bond acceptors (Lipinski definition) is 4. The summed E-state index contributed by atoms with van der Waals surface area (Å²) in [4.78, 5) is 17.7. The summed E-state index contributed by atoms with van der Waals surface area (Å²) in [6.45, 7) is 4.18. The number of halogens is 2. The zero-order valence-corrected chi connectivity index (χ0v) is 17.3. The van der Waals surface area contributed by atoms with E-state index in [-0.39, 0.29) is 5.91 Å². The lowest BCUT2D eigenvalue weighted by Gasteiger charge is -2.34. The van der Waals surface area contributed by atoms with Gasteiger partial charge in [-0.15, -0.1) is 11.3 Å². The zero-order valence-electron chi connectivity index (χ0n) is 13.3. The number of nitrogens with zero attached hydrogens (tertiary/aromatic N) is 2. The Balaban J connectivity index is 1.56. The van der Waals surface area contributed by atoms with Gasteiger partial charge in [0.05, 0.1) is 15.8 Å². The van der Waals surface area contributed by atoms with Gasteiger partial charge in [-0.3, -0.25) is 9.69 Å². The van der Waals surface area contributed by atoms with Crippen LogP contribution >= 0.6 is 43.2 Å². The molecule has 1 fully saturated rings. The predicted molar refractivity (Wildman–Crippen MR) is 104 cm³/mol. The van der Waals surface area contributed by atoms with Gasteiger partial charge < -0.3 is 9.64 Å². The Morgan fingerprint density at radius 1 is 1.21 bits per heavy atom. The van der Waals surface area contributed by atoms with E-state index < -0.39 is 0 Å². The van der Waals surface area contributed by atoms with Crippen LogP contribution in [0.5, 0.6) is 5.75 Å². The summed E-state index contributed by atoms with van der Waals surface area (Å²) < 4.78 is 7.17. The third-order valence-corrected chi connectivity index (χ3v) is 7.30. The lowest BCUT2D eigenvalue weighted by molar-refractivity contribution is 0.0633. The lowest BCUT2D eigenvalue weighted by atomic mass is 10.2. The Kier molecular flexibility index (Phi) is 5.97. The SMILES string of the molecule is COc1cccc(CN2CCN(C(=O)c3cc(Br)c(Br)s3)CC2)c1. The summed E-state index contributed by atoms with van der Waals surface area (Å²) >= 11 is 8.36. The summed E-state index contributed by atoms with van der Waals surface area (Å²) in [5.41, 5.74) is 1.24. The number of methoxy groups -OCH3 is 1. The molecule has 24 heavy (non-hydrogen) atoms. The summed E-state index contributed by atoms with van der Waals surface area (Å²) in [5, 5.41) is 0. The Morgan fingerprint density at radius 3 is 2.58 bits per heavy atom. The molecule has 1 aromatic heterocycles. The molecule has 2 heterocycles. The third-order valence-electron chi connectivity index (χ3n) is 4.06. The normalized spacial score (nSPS) is 15.5. The van der Waals surface area contributed by atoms with Gasteiger partial charge in [-0.1, -0.05) is 12.1 Å². The van der Waals surface area contributed by atoms with Crippen LogP contribution in [0.2, 0.25) is 0 Å². The van der Waals surface area contributed by atoms with E-state index in [2.05, 4.69) is 48.9 Å². The van der Waals surface area contributed by atoms with Gasteiger partial charge in [-0.25, -0.2) is 0 Å². The lowest BCUT2D eigenvalue weighted by Crippen LogP contribution is -2.48. The molecule has 1 aliphatic rings. The van der Waals surface area contributed by atoms with Gasteiger partial charge in [0.2, 0.25) is 0 Å². The standard InChI is InChI=1S/C17H18Br2N2O2S/c1-23-13-4-2-3-12(9-13)11-20-5-7-21(8-6-20)17(22)15-10-14(18)16(19)24-15/h2-4,9-10H,5-8,11H2,1H3. The molecule has 1 saturated heterocycles. The fourth-order valence-corrected chi connectivity index (χ4v) is 4.75. The van der Waals surface area contributed by atoms with Crippen LogP contribution in [-0.2, 0) is 6.54 Å². The molecule has 0 bridgehead atoms. The van der Waals surface area contributed by atoms with Crippen LogP contribution in [0, 0.1) is 0 Å². The first-order chi connectivity index (χ1) is 11.6. The summed E-state index contributed by atoms with van der Waals surface area (Å²) in [7, 11) is 1.69. The number of ether oxygens (including phenoxy) is 1. The Bertz CT molecular complexity index is 708. The van der Waals surface area contributed by atoms with Crippen LogP contribution < -0.4 is 4.74 Å². The maximum Gasteiger partial charge on any atom is 0.264 e. The van der Waals surface area contributed by atoms with Gasteiger partial charge in [-0.2, -0.15) is 0 Å². The molecular weight excluding hydrogens is 456 g/mol. The van der Waals surface area contributed by atoms with E-state index in [1.807, 2.05) is 23.1 Å². The van der Waals surface area contributed by atoms with Gasteiger partial charge in [0, 0.05) is 37.2 Å². The topological polar surface area (TPSA) is 32.8 Å². The largest absolute Gasteiger partial charge is 0.497 e. The van der Waals surface area contributed by atoms with Gasteiger partial charge in [0.15, 0.2) is 0 Å². The van der Waals surface area contributed by atoms with Crippen LogP contribution in [0.1, 0.15) is 15.2 Å². The van der Waals surface area contributed by atoms with Gasteiger partial charge in [0.25, 0.3) is 5.91 Å². The monoisotopic (exact) mass is 472 g/mol.